The van der Waals surface area contributed by atoms with E-state index in [4.69, 9.17) is 9.47 Å². The zero-order valence-electron chi connectivity index (χ0n) is 38.1. The van der Waals surface area contributed by atoms with Crippen LogP contribution in [-0.4, -0.2) is 122 Å². The van der Waals surface area contributed by atoms with E-state index in [1.807, 2.05) is 62.0 Å². The minimum absolute atomic E-state index is 0.0500. The van der Waals surface area contributed by atoms with Crippen molar-refractivity contribution >= 4 is 83.0 Å². The minimum Gasteiger partial charge on any atom is -0.548 e. The van der Waals surface area contributed by atoms with Gasteiger partial charge in [0.15, 0.2) is 5.71 Å². The molecule has 4 aromatic rings. The number of para-hydroxylation sites is 2. The van der Waals surface area contributed by atoms with E-state index in [-0.39, 0.29) is 52.9 Å². The average molecular weight is 942 g/mol. The maximum atomic E-state index is 14.0. The van der Waals surface area contributed by atoms with E-state index >= 15 is 0 Å². The first-order chi connectivity index (χ1) is 32.2. The number of fused-ring (bicyclic) bond motifs is 2. The molecule has 4 aromatic carbocycles. The molecule has 1 aliphatic carbocycles. The van der Waals surface area contributed by atoms with Crippen molar-refractivity contribution in [2.24, 2.45) is 0 Å². The summed E-state index contributed by atoms with van der Waals surface area (Å²) in [5.74, 6) is -8.69. The molecule has 0 radical (unpaired) electrons. The predicted molar refractivity (Wildman–Crippen MR) is 245 cm³/mol. The summed E-state index contributed by atoms with van der Waals surface area (Å²) >= 11 is 0. The Morgan fingerprint density at radius 3 is 1.81 bits per heavy atom. The molecule has 0 aromatic heterocycles. The lowest BCUT2D eigenvalue weighted by Gasteiger charge is -2.38. The Bertz CT molecular complexity index is 2810. The van der Waals surface area contributed by atoms with Crippen molar-refractivity contribution in [3.63, 3.8) is 0 Å². The van der Waals surface area contributed by atoms with E-state index in [1.165, 1.54) is 48.5 Å². The lowest BCUT2D eigenvalue weighted by molar-refractivity contribution is -0.462. The van der Waals surface area contributed by atoms with Crippen LogP contribution in [-0.2, 0) is 19.2 Å². The van der Waals surface area contributed by atoms with Crippen LogP contribution in [0.2, 0.25) is 13.1 Å². The number of aliphatic carboxylic acids is 4. The molecule has 1 N–H and O–H groups in total. The molecule has 1 aliphatic heterocycles. The molecule has 0 bridgehead atoms. The van der Waals surface area contributed by atoms with Crippen LogP contribution in [0, 0.1) is 0 Å². The molecule has 0 atom stereocenters. The van der Waals surface area contributed by atoms with Crippen molar-refractivity contribution in [1.82, 2.24) is 0 Å². The van der Waals surface area contributed by atoms with Gasteiger partial charge in [-0.15, -0.1) is 0 Å². The van der Waals surface area contributed by atoms with Gasteiger partial charge in [-0.2, -0.15) is 0 Å². The number of allylic oxidation sites excluding steroid dienone is 5. The van der Waals surface area contributed by atoms with Gasteiger partial charge in [-0.1, -0.05) is 37.4 Å². The second kappa shape index (κ2) is 20.5. The Morgan fingerprint density at radius 1 is 0.662 bits per heavy atom. The van der Waals surface area contributed by atoms with Crippen molar-refractivity contribution in [3.05, 3.63) is 130 Å². The van der Waals surface area contributed by atoms with E-state index in [9.17, 15) is 54.3 Å². The molecule has 354 valence electrons. The molecule has 18 nitrogen and oxygen atoms in total. The van der Waals surface area contributed by atoms with Crippen LogP contribution in [0.1, 0.15) is 31.8 Å². The third-order valence-corrected chi connectivity index (χ3v) is 14.9. The maximum absolute atomic E-state index is 14.0. The van der Waals surface area contributed by atoms with Gasteiger partial charge in [0.1, 0.15) is 46.9 Å². The van der Waals surface area contributed by atoms with Crippen molar-refractivity contribution in [3.8, 4) is 11.5 Å². The number of carbonyl (C=O) groups is 6. The zero-order valence-corrected chi connectivity index (χ0v) is 39.1. The van der Waals surface area contributed by atoms with Gasteiger partial charge in [-0.3, -0.25) is 4.79 Å². The summed E-state index contributed by atoms with van der Waals surface area (Å²) in [6.07, 6.45) is 6.13. The number of benzene rings is 4. The van der Waals surface area contributed by atoms with Crippen LogP contribution in [0.15, 0.2) is 108 Å². The van der Waals surface area contributed by atoms with Crippen molar-refractivity contribution in [2.75, 3.05) is 87.6 Å². The number of ether oxygens (including phenoxy) is 2. The molecule has 0 fully saturated rings. The highest BCUT2D eigenvalue weighted by Crippen LogP contribution is 2.43. The van der Waals surface area contributed by atoms with Gasteiger partial charge in [0.25, 0.3) is 5.91 Å². The van der Waals surface area contributed by atoms with Crippen LogP contribution in [0.5, 0.6) is 11.5 Å². The molecule has 1 heterocycles. The normalized spacial score (nSPS) is 13.3. The average Bonchev–Trinajstić information content (AvgIpc) is 3.26. The van der Waals surface area contributed by atoms with Crippen LogP contribution in [0.25, 0.3) is 5.57 Å². The number of rotatable bonds is 20. The van der Waals surface area contributed by atoms with E-state index in [1.54, 1.807) is 12.1 Å². The molecule has 0 saturated carbocycles. The molecule has 6 rings (SSSR count). The second-order valence-corrected chi connectivity index (χ2v) is 21.1. The summed E-state index contributed by atoms with van der Waals surface area (Å²) in [5.41, 5.74) is 4.58. The molecule has 1 amide bonds. The third-order valence-electron chi connectivity index (χ3n) is 11.3. The first kappa shape index (κ1) is 49.2. The van der Waals surface area contributed by atoms with E-state index in [0.29, 0.717) is 11.1 Å². The highest BCUT2D eigenvalue weighted by molar-refractivity contribution is 6.98. The second-order valence-electron chi connectivity index (χ2n) is 16.8. The van der Waals surface area contributed by atoms with Crippen molar-refractivity contribution in [2.45, 2.75) is 13.1 Å². The highest BCUT2D eigenvalue weighted by atomic mass is 28.3. The standard InChI is InChI=1S/C49H51N5O13Si/c1-51(2)31-13-16-34-41(23-31)68(5,6)42-24-32(52(3)4)14-17-35(42)47(34)33-15-11-29(21-36(33)49(64)65)48(63)50-30-12-18-38(54(27-45(59)60)28-46(61)62)40(22-30)67-20-19-66-39-10-8-7-9-37(39)53(25-43(55)56)26-44(57)58/h7-18,21-24H,19-20,25-28H2,1-6H3,(H5-,50,55,56,57,58,59,60,61,62,63,64,65)/p-4. The lowest BCUT2D eigenvalue weighted by Crippen LogP contribution is -2.50. The molecule has 19 heteroatoms. The number of nitrogens with zero attached hydrogens (tertiary/aromatic N) is 4. The van der Waals surface area contributed by atoms with Gasteiger partial charge in [-0.25, -0.2) is 4.58 Å². The Labute approximate surface area is 392 Å². The van der Waals surface area contributed by atoms with Gasteiger partial charge in [0, 0.05) is 54.8 Å². The molecular weight excluding hydrogens is 895 g/mol. The topological polar surface area (TPSA) is 261 Å². The summed E-state index contributed by atoms with van der Waals surface area (Å²) in [6, 6.07) is 20.3. The number of carboxylic acids is 5. The van der Waals surface area contributed by atoms with Crippen molar-refractivity contribution in [1.29, 1.82) is 0 Å². The predicted octanol–water partition coefficient (Wildman–Crippen LogP) is -2.08. The number of hydrogen-bond donors (Lipinski definition) is 1. The molecular formula is C49H47N5O13Si-4. The fourth-order valence-corrected chi connectivity index (χ4v) is 11.2. The molecule has 2 aliphatic rings. The van der Waals surface area contributed by atoms with E-state index in [0.717, 1.165) is 42.7 Å². The number of carboxylic acid groups (broad SMARTS) is 5. The minimum atomic E-state index is -2.38. The van der Waals surface area contributed by atoms with Crippen LogP contribution in [0.4, 0.5) is 22.7 Å². The Hall–Kier alpha value is -8.19. The number of carbonyl (C=O) groups excluding carboxylic acids is 6. The fourth-order valence-electron chi connectivity index (χ4n) is 8.14. The number of amides is 1. The van der Waals surface area contributed by atoms with Crippen LogP contribution in [0.3, 0.4) is 0 Å². The van der Waals surface area contributed by atoms with Crippen LogP contribution < -0.4 is 60.2 Å². The number of aromatic carboxylic acids is 1. The third kappa shape index (κ3) is 11.1. The smallest absolute Gasteiger partial charge is 0.255 e. The lowest BCUT2D eigenvalue weighted by atomic mass is 9.86. The Kier molecular flexibility index (Phi) is 14.9. The monoisotopic (exact) mass is 941 g/mol. The number of hydrogen-bond acceptors (Lipinski definition) is 16. The van der Waals surface area contributed by atoms with E-state index in [2.05, 4.69) is 30.6 Å². The molecule has 0 unspecified atom stereocenters. The number of nitrogens with one attached hydrogen (secondary N) is 1. The van der Waals surface area contributed by atoms with E-state index < -0.39 is 70.0 Å². The summed E-state index contributed by atoms with van der Waals surface area (Å²) in [4.78, 5) is 77.0. The van der Waals surface area contributed by atoms with Crippen molar-refractivity contribution < 1.29 is 68.3 Å². The van der Waals surface area contributed by atoms with Crippen LogP contribution >= 0.6 is 0 Å². The Balaban J connectivity index is 1.33. The first-order valence-electron chi connectivity index (χ1n) is 21.1. The largest absolute Gasteiger partial charge is 0.548 e. The van der Waals surface area contributed by atoms with Gasteiger partial charge >= 0.3 is 0 Å². The quantitative estimate of drug-likeness (QED) is 0.0566. The van der Waals surface area contributed by atoms with Gasteiger partial charge < -0.3 is 79.0 Å². The maximum Gasteiger partial charge on any atom is 0.255 e. The molecule has 0 saturated heterocycles. The Morgan fingerprint density at radius 2 is 1.24 bits per heavy atom. The van der Waals surface area contributed by atoms with Gasteiger partial charge in [-0.05, 0) is 87.3 Å². The fraction of sp³-hybridized carbons (Fsp3) is 0.245. The highest BCUT2D eigenvalue weighted by Gasteiger charge is 2.41. The SMILES string of the molecule is CN(C)c1ccc2c(c1)[Si](C)(C)C1=CC(=[N+](C)C)C=CC1=C2c1ccc(C(=O)Nc2ccc(N(CC(=O)[O-])CC(=O)[O-])c(OCCOc3ccccc3N(CC(=O)[O-])CC(=O)[O-])c2)cc1C(=O)[O-]. The van der Waals surface area contributed by atoms with Gasteiger partial charge in [0.2, 0.25) is 0 Å². The molecule has 68 heavy (non-hydrogen) atoms. The summed E-state index contributed by atoms with van der Waals surface area (Å²) in [7, 11) is 5.43. The summed E-state index contributed by atoms with van der Waals surface area (Å²) in [5, 5.41) is 64.1. The first-order valence-corrected chi connectivity index (χ1v) is 24.1. The van der Waals surface area contributed by atoms with Gasteiger partial charge in [0.05, 0.1) is 67.4 Å². The zero-order chi connectivity index (χ0) is 49.6. The molecule has 0 spiro atoms. The number of anilines is 4. The summed E-state index contributed by atoms with van der Waals surface area (Å²) < 4.78 is 13.8. The summed E-state index contributed by atoms with van der Waals surface area (Å²) in [6.45, 7) is 0.564.